The molecular formula is C21H19ClN2O2. The van der Waals surface area contributed by atoms with Gasteiger partial charge in [0.1, 0.15) is 18.2 Å². The smallest absolute Gasteiger partial charge is 0.229 e. The molecule has 3 aromatic rings. The molecule has 0 spiro atoms. The van der Waals surface area contributed by atoms with Crippen LogP contribution in [0, 0.1) is 6.92 Å². The molecule has 2 aromatic carbocycles. The third kappa shape index (κ3) is 5.33. The number of hydrogen-bond acceptors (Lipinski definition) is 3. The van der Waals surface area contributed by atoms with Crippen molar-refractivity contribution in [2.75, 3.05) is 5.32 Å². The highest BCUT2D eigenvalue weighted by atomic mass is 35.5. The van der Waals surface area contributed by atoms with Crippen molar-refractivity contribution in [2.45, 2.75) is 20.0 Å². The molecule has 0 aliphatic rings. The molecule has 26 heavy (non-hydrogen) atoms. The predicted molar refractivity (Wildman–Crippen MR) is 104 cm³/mol. The minimum absolute atomic E-state index is 0.113. The third-order valence-electron chi connectivity index (χ3n) is 3.76. The number of amides is 1. The molecule has 0 radical (unpaired) electrons. The second kappa shape index (κ2) is 8.50. The van der Waals surface area contributed by atoms with Gasteiger partial charge in [0.15, 0.2) is 0 Å². The highest BCUT2D eigenvalue weighted by molar-refractivity contribution is 6.30. The highest BCUT2D eigenvalue weighted by Gasteiger charge is 2.06. The number of aryl methyl sites for hydroxylation is 1. The lowest BCUT2D eigenvalue weighted by molar-refractivity contribution is -0.115. The first kappa shape index (κ1) is 18.0. The van der Waals surface area contributed by atoms with E-state index in [9.17, 15) is 4.79 Å². The zero-order valence-corrected chi connectivity index (χ0v) is 15.2. The fourth-order valence-electron chi connectivity index (χ4n) is 2.51. The average Bonchev–Trinajstić information content (AvgIpc) is 2.61. The van der Waals surface area contributed by atoms with E-state index in [-0.39, 0.29) is 5.91 Å². The van der Waals surface area contributed by atoms with Gasteiger partial charge in [-0.25, -0.2) is 4.98 Å². The van der Waals surface area contributed by atoms with Gasteiger partial charge in [-0.05, 0) is 36.2 Å². The number of rotatable bonds is 6. The second-order valence-electron chi connectivity index (χ2n) is 6.01. The molecule has 1 N–H and O–H groups in total. The van der Waals surface area contributed by atoms with Crippen LogP contribution in [0.25, 0.3) is 0 Å². The van der Waals surface area contributed by atoms with Crippen molar-refractivity contribution in [3.63, 3.8) is 0 Å². The normalized spacial score (nSPS) is 10.4. The van der Waals surface area contributed by atoms with Gasteiger partial charge in [-0.15, -0.1) is 0 Å². The Bertz CT molecular complexity index is 895. The van der Waals surface area contributed by atoms with Crippen molar-refractivity contribution in [3.8, 4) is 5.75 Å². The number of aromatic nitrogens is 1. The number of nitrogens with one attached hydrogen (secondary N) is 1. The summed E-state index contributed by atoms with van der Waals surface area (Å²) in [4.78, 5) is 16.4. The van der Waals surface area contributed by atoms with Crippen LogP contribution in [-0.4, -0.2) is 10.9 Å². The summed E-state index contributed by atoms with van der Waals surface area (Å²) in [5, 5.41) is 3.50. The Balaban J connectivity index is 1.58. The standard InChI is InChI=1S/C21H19ClN2O2/c1-15-3-2-4-17(11-15)12-21(25)24-20-13-19(9-10-23-20)26-14-16-5-7-18(22)8-6-16/h2-11,13H,12,14H2,1H3,(H,23,24,25). The van der Waals surface area contributed by atoms with Crippen LogP contribution in [0.3, 0.4) is 0 Å². The van der Waals surface area contributed by atoms with Crippen LogP contribution in [-0.2, 0) is 17.8 Å². The summed E-state index contributed by atoms with van der Waals surface area (Å²) in [6.45, 7) is 2.42. The van der Waals surface area contributed by atoms with Crippen LogP contribution in [0.1, 0.15) is 16.7 Å². The van der Waals surface area contributed by atoms with Crippen LogP contribution in [0.15, 0.2) is 66.9 Å². The first-order valence-electron chi connectivity index (χ1n) is 8.27. The molecule has 1 aromatic heterocycles. The molecule has 0 aliphatic heterocycles. The van der Waals surface area contributed by atoms with Gasteiger partial charge in [-0.1, -0.05) is 53.6 Å². The Morgan fingerprint density at radius 2 is 1.88 bits per heavy atom. The van der Waals surface area contributed by atoms with Crippen molar-refractivity contribution in [2.24, 2.45) is 0 Å². The zero-order chi connectivity index (χ0) is 18.4. The highest BCUT2D eigenvalue weighted by Crippen LogP contribution is 2.17. The first-order chi connectivity index (χ1) is 12.6. The van der Waals surface area contributed by atoms with Gasteiger partial charge in [0.05, 0.1) is 6.42 Å². The van der Waals surface area contributed by atoms with E-state index in [0.717, 1.165) is 16.7 Å². The summed E-state index contributed by atoms with van der Waals surface area (Å²) in [6, 6.07) is 18.8. The van der Waals surface area contributed by atoms with E-state index in [2.05, 4.69) is 10.3 Å². The number of carbonyl (C=O) groups excluding carboxylic acids is 1. The van der Waals surface area contributed by atoms with Crippen molar-refractivity contribution in [3.05, 3.63) is 88.6 Å². The van der Waals surface area contributed by atoms with Crippen LogP contribution in [0.2, 0.25) is 5.02 Å². The van der Waals surface area contributed by atoms with Crippen molar-refractivity contribution < 1.29 is 9.53 Å². The van der Waals surface area contributed by atoms with Gasteiger partial charge in [0, 0.05) is 17.3 Å². The average molecular weight is 367 g/mol. The lowest BCUT2D eigenvalue weighted by Gasteiger charge is -2.09. The number of nitrogens with zero attached hydrogens (tertiary/aromatic N) is 1. The van der Waals surface area contributed by atoms with E-state index in [0.29, 0.717) is 29.6 Å². The molecule has 3 rings (SSSR count). The molecule has 0 atom stereocenters. The maximum absolute atomic E-state index is 12.2. The maximum Gasteiger partial charge on any atom is 0.229 e. The summed E-state index contributed by atoms with van der Waals surface area (Å²) >= 11 is 5.88. The number of pyridine rings is 1. The van der Waals surface area contributed by atoms with Gasteiger partial charge in [-0.3, -0.25) is 4.79 Å². The number of hydrogen-bond donors (Lipinski definition) is 1. The molecule has 132 valence electrons. The Labute approximate surface area is 157 Å². The van der Waals surface area contributed by atoms with E-state index in [4.69, 9.17) is 16.3 Å². The Hall–Kier alpha value is -2.85. The van der Waals surface area contributed by atoms with Crippen LogP contribution >= 0.6 is 11.6 Å². The minimum atomic E-state index is -0.113. The fraction of sp³-hybridized carbons (Fsp3) is 0.143. The molecule has 1 heterocycles. The summed E-state index contributed by atoms with van der Waals surface area (Å²) in [5.74, 6) is 0.995. The zero-order valence-electron chi connectivity index (χ0n) is 14.4. The Morgan fingerprint density at radius 3 is 2.65 bits per heavy atom. The summed E-state index contributed by atoms with van der Waals surface area (Å²) < 4.78 is 5.75. The number of carbonyl (C=O) groups is 1. The van der Waals surface area contributed by atoms with Crippen molar-refractivity contribution >= 4 is 23.3 Å². The van der Waals surface area contributed by atoms with Crippen molar-refractivity contribution in [1.29, 1.82) is 0 Å². The summed E-state index contributed by atoms with van der Waals surface area (Å²) in [7, 11) is 0. The van der Waals surface area contributed by atoms with Crippen LogP contribution < -0.4 is 10.1 Å². The molecule has 4 nitrogen and oxygen atoms in total. The lowest BCUT2D eigenvalue weighted by Crippen LogP contribution is -2.15. The van der Waals surface area contributed by atoms with E-state index < -0.39 is 0 Å². The van der Waals surface area contributed by atoms with Gasteiger partial charge in [0.25, 0.3) is 0 Å². The molecule has 0 saturated carbocycles. The largest absolute Gasteiger partial charge is 0.489 e. The monoisotopic (exact) mass is 366 g/mol. The van der Waals surface area contributed by atoms with E-state index in [1.165, 1.54) is 0 Å². The van der Waals surface area contributed by atoms with E-state index >= 15 is 0 Å². The SMILES string of the molecule is Cc1cccc(CC(=O)Nc2cc(OCc3ccc(Cl)cc3)ccn2)c1. The predicted octanol–water partition coefficient (Wildman–Crippen LogP) is 4.80. The quantitative estimate of drug-likeness (QED) is 0.681. The topological polar surface area (TPSA) is 51.2 Å². The molecule has 0 bridgehead atoms. The molecule has 0 saturated heterocycles. The number of ether oxygens (including phenoxy) is 1. The molecule has 0 unspecified atom stereocenters. The molecule has 5 heteroatoms. The van der Waals surface area contributed by atoms with Crippen molar-refractivity contribution in [1.82, 2.24) is 4.98 Å². The lowest BCUT2D eigenvalue weighted by atomic mass is 10.1. The van der Waals surface area contributed by atoms with Gasteiger partial charge < -0.3 is 10.1 Å². The van der Waals surface area contributed by atoms with Gasteiger partial charge >= 0.3 is 0 Å². The Kier molecular flexibility index (Phi) is 5.87. The molecule has 0 fully saturated rings. The van der Waals surface area contributed by atoms with Crippen LogP contribution in [0.5, 0.6) is 5.75 Å². The number of halogens is 1. The second-order valence-corrected chi connectivity index (χ2v) is 6.44. The van der Waals surface area contributed by atoms with E-state index in [1.807, 2.05) is 55.5 Å². The minimum Gasteiger partial charge on any atom is -0.489 e. The number of benzene rings is 2. The van der Waals surface area contributed by atoms with Gasteiger partial charge in [-0.2, -0.15) is 0 Å². The summed E-state index contributed by atoms with van der Waals surface area (Å²) in [5.41, 5.74) is 3.11. The Morgan fingerprint density at radius 1 is 1.08 bits per heavy atom. The maximum atomic E-state index is 12.2. The molecule has 1 amide bonds. The molecule has 0 aliphatic carbocycles. The van der Waals surface area contributed by atoms with Crippen LogP contribution in [0.4, 0.5) is 5.82 Å². The third-order valence-corrected chi connectivity index (χ3v) is 4.02. The summed E-state index contributed by atoms with van der Waals surface area (Å²) in [6.07, 6.45) is 1.92. The first-order valence-corrected chi connectivity index (χ1v) is 8.65. The molecular weight excluding hydrogens is 348 g/mol. The van der Waals surface area contributed by atoms with Gasteiger partial charge in [0.2, 0.25) is 5.91 Å². The number of anilines is 1. The van der Waals surface area contributed by atoms with E-state index in [1.54, 1.807) is 18.3 Å². The fourth-order valence-corrected chi connectivity index (χ4v) is 2.64.